The number of carbonyl (C=O) groups excluding carboxylic acids is 1. The SMILES string of the molecule is COc1ccccc1/C=C/NC(=O)Nc1ccc(C(=O)O)cc1. The van der Waals surface area contributed by atoms with Crippen molar-refractivity contribution < 1.29 is 19.4 Å². The minimum atomic E-state index is -1.01. The van der Waals surface area contributed by atoms with Gasteiger partial charge in [0, 0.05) is 17.5 Å². The van der Waals surface area contributed by atoms with E-state index in [1.807, 2.05) is 24.3 Å². The van der Waals surface area contributed by atoms with E-state index in [1.54, 1.807) is 13.2 Å². The molecule has 6 nitrogen and oxygen atoms in total. The highest BCUT2D eigenvalue weighted by Crippen LogP contribution is 2.18. The maximum absolute atomic E-state index is 11.8. The summed E-state index contributed by atoms with van der Waals surface area (Å²) in [7, 11) is 1.58. The fourth-order valence-electron chi connectivity index (χ4n) is 1.87. The Morgan fingerprint density at radius 1 is 1.09 bits per heavy atom. The van der Waals surface area contributed by atoms with Crippen LogP contribution in [-0.2, 0) is 0 Å². The molecule has 0 spiro atoms. The average Bonchev–Trinajstić information content (AvgIpc) is 2.55. The Hall–Kier alpha value is -3.28. The molecule has 6 heteroatoms. The van der Waals surface area contributed by atoms with Crippen LogP contribution in [0.3, 0.4) is 0 Å². The van der Waals surface area contributed by atoms with E-state index >= 15 is 0 Å². The van der Waals surface area contributed by atoms with Gasteiger partial charge in [-0.05, 0) is 36.4 Å². The maximum Gasteiger partial charge on any atom is 0.335 e. The van der Waals surface area contributed by atoms with Gasteiger partial charge in [0.25, 0.3) is 0 Å². The average molecular weight is 312 g/mol. The lowest BCUT2D eigenvalue weighted by Crippen LogP contribution is -2.23. The molecule has 0 bridgehead atoms. The molecular formula is C17H16N2O4. The second kappa shape index (κ2) is 7.65. The van der Waals surface area contributed by atoms with Crippen LogP contribution in [0.5, 0.6) is 5.75 Å². The summed E-state index contributed by atoms with van der Waals surface area (Å²) in [6.07, 6.45) is 3.21. The minimum absolute atomic E-state index is 0.159. The molecule has 0 aliphatic rings. The first-order valence-electron chi connectivity index (χ1n) is 6.80. The molecule has 0 unspecified atom stereocenters. The number of benzene rings is 2. The summed E-state index contributed by atoms with van der Waals surface area (Å²) in [5.74, 6) is -0.309. The van der Waals surface area contributed by atoms with Gasteiger partial charge in [0.1, 0.15) is 5.75 Å². The Morgan fingerprint density at radius 2 is 1.78 bits per heavy atom. The molecule has 0 atom stereocenters. The first kappa shape index (κ1) is 16.1. The fourth-order valence-corrected chi connectivity index (χ4v) is 1.87. The summed E-state index contributed by atoms with van der Waals surface area (Å²) in [4.78, 5) is 22.5. The molecule has 0 fully saturated rings. The van der Waals surface area contributed by atoms with Gasteiger partial charge in [0.05, 0.1) is 12.7 Å². The summed E-state index contributed by atoms with van der Waals surface area (Å²) in [5.41, 5.74) is 1.49. The molecule has 3 N–H and O–H groups in total. The normalized spacial score (nSPS) is 10.3. The number of anilines is 1. The zero-order chi connectivity index (χ0) is 16.7. The summed E-state index contributed by atoms with van der Waals surface area (Å²) >= 11 is 0. The fraction of sp³-hybridized carbons (Fsp3) is 0.0588. The van der Waals surface area contributed by atoms with Gasteiger partial charge in [-0.1, -0.05) is 18.2 Å². The van der Waals surface area contributed by atoms with Crippen LogP contribution in [-0.4, -0.2) is 24.2 Å². The molecule has 118 valence electrons. The number of amides is 2. The lowest BCUT2D eigenvalue weighted by Gasteiger charge is -2.06. The molecule has 0 aromatic heterocycles. The standard InChI is InChI=1S/C17H16N2O4/c1-23-15-5-3-2-4-12(15)10-11-18-17(22)19-14-8-6-13(7-9-14)16(20)21/h2-11H,1H3,(H,20,21)(H2,18,19,22)/b11-10+. The number of carboxylic acid groups (broad SMARTS) is 1. The summed E-state index contributed by atoms with van der Waals surface area (Å²) in [5, 5.41) is 14.0. The van der Waals surface area contributed by atoms with Crippen LogP contribution < -0.4 is 15.4 Å². The number of carboxylic acids is 1. The highest BCUT2D eigenvalue weighted by atomic mass is 16.5. The van der Waals surface area contributed by atoms with Crippen LogP contribution in [0.4, 0.5) is 10.5 Å². The van der Waals surface area contributed by atoms with E-state index in [4.69, 9.17) is 9.84 Å². The van der Waals surface area contributed by atoms with E-state index in [-0.39, 0.29) is 5.56 Å². The third-order valence-corrected chi connectivity index (χ3v) is 3.01. The van der Waals surface area contributed by atoms with Crippen LogP contribution in [0.25, 0.3) is 6.08 Å². The van der Waals surface area contributed by atoms with Crippen molar-refractivity contribution in [2.45, 2.75) is 0 Å². The van der Waals surface area contributed by atoms with Crippen molar-refractivity contribution >= 4 is 23.8 Å². The number of aromatic carboxylic acids is 1. The lowest BCUT2D eigenvalue weighted by molar-refractivity contribution is 0.0697. The maximum atomic E-state index is 11.8. The van der Waals surface area contributed by atoms with E-state index in [0.717, 1.165) is 5.56 Å². The number of hydrogen-bond acceptors (Lipinski definition) is 3. The molecule has 2 rings (SSSR count). The number of nitrogens with one attached hydrogen (secondary N) is 2. The molecule has 0 aliphatic carbocycles. The number of para-hydroxylation sites is 1. The van der Waals surface area contributed by atoms with Crippen molar-refractivity contribution in [2.24, 2.45) is 0 Å². The van der Waals surface area contributed by atoms with Gasteiger partial charge in [0.15, 0.2) is 0 Å². The number of urea groups is 1. The molecule has 2 aromatic rings. The predicted molar refractivity (Wildman–Crippen MR) is 87.6 cm³/mol. The second-order valence-electron chi connectivity index (χ2n) is 4.56. The van der Waals surface area contributed by atoms with Gasteiger partial charge < -0.3 is 20.5 Å². The van der Waals surface area contributed by atoms with E-state index < -0.39 is 12.0 Å². The van der Waals surface area contributed by atoms with Gasteiger partial charge in [-0.3, -0.25) is 0 Å². The first-order valence-corrected chi connectivity index (χ1v) is 6.80. The second-order valence-corrected chi connectivity index (χ2v) is 4.56. The lowest BCUT2D eigenvalue weighted by atomic mass is 10.2. The van der Waals surface area contributed by atoms with Crippen LogP contribution >= 0.6 is 0 Å². The van der Waals surface area contributed by atoms with Crippen molar-refractivity contribution in [3.05, 3.63) is 65.9 Å². The Bertz CT molecular complexity index is 724. The molecule has 2 amide bonds. The van der Waals surface area contributed by atoms with E-state index in [9.17, 15) is 9.59 Å². The molecule has 0 radical (unpaired) electrons. The Morgan fingerprint density at radius 3 is 2.43 bits per heavy atom. The number of methoxy groups -OCH3 is 1. The Kier molecular flexibility index (Phi) is 5.35. The summed E-state index contributed by atoms with van der Waals surface area (Å²) in [6.45, 7) is 0. The smallest absolute Gasteiger partial charge is 0.335 e. The zero-order valence-electron chi connectivity index (χ0n) is 12.4. The topological polar surface area (TPSA) is 87.7 Å². The zero-order valence-corrected chi connectivity index (χ0v) is 12.4. The summed E-state index contributed by atoms with van der Waals surface area (Å²) < 4.78 is 5.20. The molecule has 23 heavy (non-hydrogen) atoms. The van der Waals surface area contributed by atoms with Crippen molar-refractivity contribution in [1.82, 2.24) is 5.32 Å². The quantitative estimate of drug-likeness (QED) is 0.791. The highest BCUT2D eigenvalue weighted by molar-refractivity contribution is 5.92. The van der Waals surface area contributed by atoms with Gasteiger partial charge >= 0.3 is 12.0 Å². The van der Waals surface area contributed by atoms with E-state index in [1.165, 1.54) is 30.5 Å². The van der Waals surface area contributed by atoms with Crippen molar-refractivity contribution in [3.63, 3.8) is 0 Å². The van der Waals surface area contributed by atoms with Crippen LogP contribution in [0, 0.1) is 0 Å². The molecule has 0 saturated heterocycles. The molecule has 0 heterocycles. The van der Waals surface area contributed by atoms with Gasteiger partial charge in [0.2, 0.25) is 0 Å². The van der Waals surface area contributed by atoms with Gasteiger partial charge in [-0.15, -0.1) is 0 Å². The predicted octanol–water partition coefficient (Wildman–Crippen LogP) is 3.19. The van der Waals surface area contributed by atoms with Gasteiger partial charge in [-0.2, -0.15) is 0 Å². The highest BCUT2D eigenvalue weighted by Gasteiger charge is 2.03. The largest absolute Gasteiger partial charge is 0.496 e. The third kappa shape index (κ3) is 4.60. The van der Waals surface area contributed by atoms with Crippen molar-refractivity contribution in [3.8, 4) is 5.75 Å². The monoisotopic (exact) mass is 312 g/mol. The number of hydrogen-bond donors (Lipinski definition) is 3. The molecular weight excluding hydrogens is 296 g/mol. The first-order chi connectivity index (χ1) is 11.1. The van der Waals surface area contributed by atoms with Crippen LogP contribution in [0.15, 0.2) is 54.7 Å². The Labute approximate surface area is 133 Å². The van der Waals surface area contributed by atoms with Crippen molar-refractivity contribution in [1.29, 1.82) is 0 Å². The third-order valence-electron chi connectivity index (χ3n) is 3.01. The van der Waals surface area contributed by atoms with Crippen molar-refractivity contribution in [2.75, 3.05) is 12.4 Å². The number of carbonyl (C=O) groups is 2. The summed E-state index contributed by atoms with van der Waals surface area (Å²) in [6, 6.07) is 12.9. The number of ether oxygens (including phenoxy) is 1. The Balaban J connectivity index is 1.92. The van der Waals surface area contributed by atoms with Crippen LogP contribution in [0.2, 0.25) is 0 Å². The van der Waals surface area contributed by atoms with E-state index in [0.29, 0.717) is 11.4 Å². The molecule has 2 aromatic carbocycles. The van der Waals surface area contributed by atoms with Crippen LogP contribution in [0.1, 0.15) is 15.9 Å². The number of rotatable bonds is 5. The minimum Gasteiger partial charge on any atom is -0.496 e. The van der Waals surface area contributed by atoms with Gasteiger partial charge in [-0.25, -0.2) is 9.59 Å². The van der Waals surface area contributed by atoms with E-state index in [2.05, 4.69) is 10.6 Å². The molecule has 0 aliphatic heterocycles. The molecule has 0 saturated carbocycles.